The van der Waals surface area contributed by atoms with Crippen molar-refractivity contribution in [1.29, 1.82) is 0 Å². The second-order valence-electron chi connectivity index (χ2n) is 0. The Labute approximate surface area is 167 Å². The van der Waals surface area contributed by atoms with Crippen molar-refractivity contribution in [2.45, 2.75) is 0 Å². The molecule has 0 aromatic heterocycles. The van der Waals surface area contributed by atoms with Crippen molar-refractivity contribution >= 4 is 172 Å². The van der Waals surface area contributed by atoms with Gasteiger partial charge in [-0.1, -0.05) is 0 Å². The Kier molecular flexibility index (Phi) is 139. The number of hydrogen-bond acceptors (Lipinski definition) is 0. The van der Waals surface area contributed by atoms with Crippen LogP contribution in [0.1, 0.15) is 0 Å². The van der Waals surface area contributed by atoms with Crippen molar-refractivity contribution in [2.75, 3.05) is 0 Å². The molecule has 0 nitrogen and oxygen atoms in total. The van der Waals surface area contributed by atoms with E-state index in [4.69, 9.17) is 0 Å². The SMILES string of the molecule is [Ca].[Ca].[Ca].[Na].[Na]. The zero-order chi connectivity index (χ0) is 0. The summed E-state index contributed by atoms with van der Waals surface area (Å²) in [6, 6.07) is 0. The van der Waals surface area contributed by atoms with E-state index >= 15 is 0 Å². The summed E-state index contributed by atoms with van der Waals surface area (Å²) in [6.45, 7) is 0. The number of hydrogen-bond donors (Lipinski definition) is 0. The van der Waals surface area contributed by atoms with Gasteiger partial charge in [0, 0.05) is 172 Å². The minimum atomic E-state index is 0. The Balaban J connectivity index is 0. The van der Waals surface area contributed by atoms with Crippen molar-refractivity contribution in [2.24, 2.45) is 0 Å². The predicted molar refractivity (Wildman–Crippen MR) is 28.8 cm³/mol. The minimum absolute atomic E-state index is 0. The summed E-state index contributed by atoms with van der Waals surface area (Å²) in [7, 11) is 0. The molecule has 0 aliphatic carbocycles. The van der Waals surface area contributed by atoms with Crippen molar-refractivity contribution in [3.05, 3.63) is 0 Å². The molecule has 0 aromatic carbocycles. The first kappa shape index (κ1) is 30.9. The maximum atomic E-state index is 0. The van der Waals surface area contributed by atoms with Gasteiger partial charge in [-0.15, -0.1) is 0 Å². The Hall–Kier alpha value is 5.78. The molecule has 0 N–H and O–H groups in total. The predicted octanol–water partition coefficient (Wildman–Crippen LogP) is -1.90. The Morgan fingerprint density at radius 3 is 0.400 bits per heavy atom. The molecule has 0 rings (SSSR count). The molecule has 0 saturated heterocycles. The topological polar surface area (TPSA) is 0 Å². The minimum Gasteiger partial charge on any atom is 0 e. The van der Waals surface area contributed by atoms with Gasteiger partial charge in [-0.3, -0.25) is 0 Å². The number of rotatable bonds is 0. The monoisotopic (exact) mass is 166 g/mol. The van der Waals surface area contributed by atoms with Crippen LogP contribution in [0.4, 0.5) is 0 Å². The van der Waals surface area contributed by atoms with Crippen LogP contribution in [0.3, 0.4) is 0 Å². The Morgan fingerprint density at radius 2 is 0.400 bits per heavy atom. The van der Waals surface area contributed by atoms with Crippen LogP contribution in [0.15, 0.2) is 0 Å². The van der Waals surface area contributed by atoms with Gasteiger partial charge in [-0.05, 0) is 0 Å². The molecule has 0 fully saturated rings. The first-order valence-electron chi connectivity index (χ1n) is 0. The molecular formula is Ca3Na2. The zero-order valence-electron chi connectivity index (χ0n) is 4.12. The van der Waals surface area contributed by atoms with E-state index in [1.807, 2.05) is 0 Å². The molecule has 5 heavy (non-hydrogen) atoms. The summed E-state index contributed by atoms with van der Waals surface area (Å²) in [5.41, 5.74) is 0. The molecule has 0 heterocycles. The smallest absolute Gasteiger partial charge is 0 e. The van der Waals surface area contributed by atoms with Crippen LogP contribution in [0, 0.1) is 0 Å². The van der Waals surface area contributed by atoms with Gasteiger partial charge in [0.2, 0.25) is 0 Å². The van der Waals surface area contributed by atoms with Crippen LogP contribution in [-0.4, -0.2) is 172 Å². The van der Waals surface area contributed by atoms with E-state index in [1.54, 1.807) is 0 Å². The standard InChI is InChI=1S/3Ca.2Na. The third-order valence-corrected chi connectivity index (χ3v) is 0. The molecule has 0 bridgehead atoms. The quantitative estimate of drug-likeness (QED) is 0.369. The summed E-state index contributed by atoms with van der Waals surface area (Å²) in [4.78, 5) is 0. The van der Waals surface area contributed by atoms with Crippen LogP contribution in [-0.2, 0) is 0 Å². The zero-order valence-corrected chi connectivity index (χ0v) is 14.7. The van der Waals surface area contributed by atoms with E-state index < -0.39 is 0 Å². The third-order valence-electron chi connectivity index (χ3n) is 0. The molecule has 0 saturated carbocycles. The van der Waals surface area contributed by atoms with Gasteiger partial charge >= 0.3 is 0 Å². The molecule has 5 heteroatoms. The molecule has 0 spiro atoms. The fourth-order valence-electron chi connectivity index (χ4n) is 0. The van der Waals surface area contributed by atoms with E-state index in [1.165, 1.54) is 0 Å². The molecule has 0 aliphatic rings. The van der Waals surface area contributed by atoms with E-state index in [2.05, 4.69) is 0 Å². The molecule has 8 valence electrons. The molecule has 8 radical (unpaired) electrons. The van der Waals surface area contributed by atoms with Gasteiger partial charge in [0.1, 0.15) is 0 Å². The molecule has 0 amide bonds. The normalized spacial score (nSPS) is 0. The third kappa shape index (κ3) is 17.7. The molecule has 0 atom stereocenters. The van der Waals surface area contributed by atoms with Crippen LogP contribution in [0.5, 0.6) is 0 Å². The van der Waals surface area contributed by atoms with Gasteiger partial charge in [-0.25, -0.2) is 0 Å². The van der Waals surface area contributed by atoms with Crippen molar-refractivity contribution in [1.82, 2.24) is 0 Å². The molecule has 0 aliphatic heterocycles. The van der Waals surface area contributed by atoms with Gasteiger partial charge in [0.15, 0.2) is 0 Å². The van der Waals surface area contributed by atoms with Crippen LogP contribution in [0.2, 0.25) is 0 Å². The van der Waals surface area contributed by atoms with Crippen molar-refractivity contribution in [3.63, 3.8) is 0 Å². The summed E-state index contributed by atoms with van der Waals surface area (Å²) in [5, 5.41) is 0. The Bertz CT molecular complexity index is 4.85. The average molecular weight is 166 g/mol. The largest absolute Gasteiger partial charge is 0 e. The summed E-state index contributed by atoms with van der Waals surface area (Å²) >= 11 is 0. The molecule has 0 unspecified atom stereocenters. The maximum Gasteiger partial charge on any atom is 0 e. The first-order valence-corrected chi connectivity index (χ1v) is 0. The van der Waals surface area contributed by atoms with E-state index in [0.29, 0.717) is 0 Å². The van der Waals surface area contributed by atoms with E-state index in [0.717, 1.165) is 0 Å². The molecular weight excluding hydrogens is 166 g/mol. The summed E-state index contributed by atoms with van der Waals surface area (Å²) < 4.78 is 0. The maximum absolute atomic E-state index is 0. The second-order valence-corrected chi connectivity index (χ2v) is 0. The summed E-state index contributed by atoms with van der Waals surface area (Å²) in [5.74, 6) is 0. The van der Waals surface area contributed by atoms with Gasteiger partial charge < -0.3 is 0 Å². The summed E-state index contributed by atoms with van der Waals surface area (Å²) in [6.07, 6.45) is 0. The van der Waals surface area contributed by atoms with Gasteiger partial charge in [-0.2, -0.15) is 0 Å². The molecule has 0 aromatic rings. The van der Waals surface area contributed by atoms with E-state index in [-0.39, 0.29) is 172 Å². The van der Waals surface area contributed by atoms with Crippen LogP contribution >= 0.6 is 0 Å². The van der Waals surface area contributed by atoms with Crippen LogP contribution < -0.4 is 0 Å². The fraction of sp³-hybridized carbons (Fsp3) is 0. The first-order chi connectivity index (χ1) is 0. The van der Waals surface area contributed by atoms with Gasteiger partial charge in [0.25, 0.3) is 0 Å². The van der Waals surface area contributed by atoms with Crippen molar-refractivity contribution < 1.29 is 0 Å². The fourth-order valence-corrected chi connectivity index (χ4v) is 0. The Morgan fingerprint density at radius 1 is 0.400 bits per heavy atom. The average Bonchev–Trinajstić information content (AvgIpc) is 0. The van der Waals surface area contributed by atoms with Crippen LogP contribution in [0.25, 0.3) is 0 Å². The van der Waals surface area contributed by atoms with Crippen molar-refractivity contribution in [3.8, 4) is 0 Å². The van der Waals surface area contributed by atoms with Gasteiger partial charge in [0.05, 0.1) is 0 Å². The van der Waals surface area contributed by atoms with E-state index in [9.17, 15) is 0 Å². The second kappa shape index (κ2) is 22.6.